The second kappa shape index (κ2) is 10.6. The molecule has 6 rings (SSSR count). The van der Waals surface area contributed by atoms with Gasteiger partial charge in [-0.25, -0.2) is 9.97 Å². The van der Waals surface area contributed by atoms with E-state index in [-0.39, 0.29) is 5.78 Å². The number of aryl methyl sites for hydroxylation is 1. The molecule has 2 N–H and O–H groups in total. The van der Waals surface area contributed by atoms with E-state index in [1.54, 1.807) is 24.8 Å². The number of ketones is 1. The summed E-state index contributed by atoms with van der Waals surface area (Å²) in [7, 11) is 1.68. The number of nitrogens with one attached hydrogen (secondary N) is 1. The molecule has 0 saturated carbocycles. The first-order chi connectivity index (χ1) is 18.6. The van der Waals surface area contributed by atoms with Crippen LogP contribution in [0.3, 0.4) is 0 Å². The summed E-state index contributed by atoms with van der Waals surface area (Å²) in [5.74, 6) is 1.91. The fourth-order valence-corrected chi connectivity index (χ4v) is 6.82. The van der Waals surface area contributed by atoms with E-state index in [1.165, 1.54) is 10.4 Å². The number of aliphatic hydroxyl groups excluding tert-OH is 1. The van der Waals surface area contributed by atoms with E-state index in [0.29, 0.717) is 25.3 Å². The Morgan fingerprint density at radius 1 is 1.24 bits per heavy atom. The van der Waals surface area contributed by atoms with Crippen molar-refractivity contribution in [2.45, 2.75) is 51.2 Å². The van der Waals surface area contributed by atoms with Gasteiger partial charge in [0.05, 0.1) is 24.7 Å². The Kier molecular flexibility index (Phi) is 6.91. The summed E-state index contributed by atoms with van der Waals surface area (Å²) >= 11 is 1.72. The summed E-state index contributed by atoms with van der Waals surface area (Å²) in [5.41, 5.74) is 5.40. The first-order valence-electron chi connectivity index (χ1n) is 13.1. The largest absolute Gasteiger partial charge is 0.495 e. The smallest absolute Gasteiger partial charge is 0.161 e. The molecule has 0 fully saturated rings. The van der Waals surface area contributed by atoms with Crippen molar-refractivity contribution < 1.29 is 14.6 Å². The Morgan fingerprint density at radius 3 is 2.95 bits per heavy atom. The predicted octanol–water partition coefficient (Wildman–Crippen LogP) is 5.43. The molecule has 1 unspecified atom stereocenters. The molecule has 1 aliphatic carbocycles. The molecular formula is C30H30N4O3S. The first kappa shape index (κ1) is 24.7. The van der Waals surface area contributed by atoms with Gasteiger partial charge in [0, 0.05) is 23.9 Å². The van der Waals surface area contributed by atoms with E-state index < -0.39 is 6.10 Å². The fraction of sp³-hybridized carbons (Fsp3) is 0.333. The molecular weight excluding hydrogens is 496 g/mol. The van der Waals surface area contributed by atoms with Gasteiger partial charge in [-0.2, -0.15) is 0 Å². The van der Waals surface area contributed by atoms with Gasteiger partial charge < -0.3 is 15.2 Å². The van der Waals surface area contributed by atoms with E-state index in [2.05, 4.69) is 26.3 Å². The molecule has 2 atom stereocenters. The maximum absolute atomic E-state index is 12.6. The number of methoxy groups -OCH3 is 1. The Morgan fingerprint density at radius 2 is 2.11 bits per heavy atom. The van der Waals surface area contributed by atoms with E-state index in [9.17, 15) is 9.90 Å². The van der Waals surface area contributed by atoms with Gasteiger partial charge in [-0.3, -0.25) is 9.79 Å². The summed E-state index contributed by atoms with van der Waals surface area (Å²) in [6.45, 7) is 0.681. The first-order valence-corrected chi connectivity index (χ1v) is 13.9. The van der Waals surface area contributed by atoms with Gasteiger partial charge in [-0.1, -0.05) is 30.3 Å². The summed E-state index contributed by atoms with van der Waals surface area (Å²) in [4.78, 5) is 28.5. The summed E-state index contributed by atoms with van der Waals surface area (Å²) in [6.07, 6.45) is 7.01. The zero-order valence-electron chi connectivity index (χ0n) is 21.3. The van der Waals surface area contributed by atoms with Gasteiger partial charge in [0.15, 0.2) is 5.78 Å². The Hall–Kier alpha value is -3.62. The molecule has 0 radical (unpaired) electrons. The minimum absolute atomic E-state index is 0.0679. The number of rotatable bonds is 9. The van der Waals surface area contributed by atoms with Crippen LogP contribution in [0.5, 0.6) is 5.75 Å². The van der Waals surface area contributed by atoms with Gasteiger partial charge in [-0.15, -0.1) is 11.3 Å². The second-order valence-electron chi connectivity index (χ2n) is 10.1. The topological polar surface area (TPSA) is 96.7 Å². The molecule has 8 heteroatoms. The number of ether oxygens (including phenoxy) is 1. The number of anilines is 2. The molecule has 0 spiro atoms. The number of aliphatic imine (C=N–C) groups is 1. The highest BCUT2D eigenvalue weighted by Gasteiger charge is 2.27. The maximum atomic E-state index is 12.6. The van der Waals surface area contributed by atoms with Gasteiger partial charge in [0.25, 0.3) is 0 Å². The second-order valence-corrected chi connectivity index (χ2v) is 11.2. The molecule has 7 nitrogen and oxygen atoms in total. The van der Waals surface area contributed by atoms with Crippen LogP contribution in [0.2, 0.25) is 0 Å². The lowest BCUT2D eigenvalue weighted by Crippen LogP contribution is -2.24. The molecule has 2 aliphatic rings. The average Bonchev–Trinajstić information content (AvgIpc) is 3.55. The highest BCUT2D eigenvalue weighted by molar-refractivity contribution is 7.19. The number of aliphatic hydroxyl groups is 1. The Bertz CT molecular complexity index is 1520. The number of hydrogen-bond donors (Lipinski definition) is 2. The van der Waals surface area contributed by atoms with Crippen molar-refractivity contribution in [1.29, 1.82) is 0 Å². The van der Waals surface area contributed by atoms with E-state index >= 15 is 0 Å². The van der Waals surface area contributed by atoms with Gasteiger partial charge in [-0.05, 0) is 66.0 Å². The Labute approximate surface area is 225 Å². The minimum atomic E-state index is -0.938. The number of fused-ring (bicyclic) bond motifs is 4. The van der Waals surface area contributed by atoms with Crippen molar-refractivity contribution in [2.24, 2.45) is 10.9 Å². The lowest BCUT2D eigenvalue weighted by atomic mass is 9.84. The number of carbonyl (C=O) groups excluding carboxylic acids is 1. The van der Waals surface area contributed by atoms with Crippen LogP contribution >= 0.6 is 11.3 Å². The van der Waals surface area contributed by atoms with Crippen LogP contribution in [0.1, 0.15) is 46.4 Å². The molecule has 194 valence electrons. The molecule has 38 heavy (non-hydrogen) atoms. The number of aromatic nitrogens is 2. The summed E-state index contributed by atoms with van der Waals surface area (Å²) in [5, 5.41) is 15.0. The third-order valence-corrected chi connectivity index (χ3v) is 8.76. The summed E-state index contributed by atoms with van der Waals surface area (Å²) < 4.78 is 5.66. The van der Waals surface area contributed by atoms with Gasteiger partial charge >= 0.3 is 0 Å². The molecule has 1 aliphatic heterocycles. The lowest BCUT2D eigenvalue weighted by Gasteiger charge is -2.22. The van der Waals surface area contributed by atoms with Gasteiger partial charge in [0.1, 0.15) is 28.8 Å². The predicted molar refractivity (Wildman–Crippen MR) is 151 cm³/mol. The quantitative estimate of drug-likeness (QED) is 0.302. The highest BCUT2D eigenvalue weighted by Crippen LogP contribution is 2.42. The highest BCUT2D eigenvalue weighted by atomic mass is 32.1. The van der Waals surface area contributed by atoms with Crippen LogP contribution in [0, 0.1) is 5.92 Å². The molecule has 0 amide bonds. The number of nitrogens with zero attached hydrogens (tertiary/aromatic N) is 3. The zero-order valence-corrected chi connectivity index (χ0v) is 22.1. The van der Waals surface area contributed by atoms with Crippen LogP contribution in [0.25, 0.3) is 10.2 Å². The number of hydrogen-bond acceptors (Lipinski definition) is 8. The van der Waals surface area contributed by atoms with Crippen molar-refractivity contribution >= 4 is 45.1 Å². The van der Waals surface area contributed by atoms with Gasteiger partial charge in [0.2, 0.25) is 0 Å². The van der Waals surface area contributed by atoms with Crippen molar-refractivity contribution in [3.8, 4) is 5.75 Å². The Balaban J connectivity index is 1.16. The molecule has 3 heterocycles. The number of benzene rings is 2. The molecule has 0 bridgehead atoms. The molecule has 4 aromatic rings. The van der Waals surface area contributed by atoms with Crippen LogP contribution in [0.4, 0.5) is 11.5 Å². The van der Waals surface area contributed by atoms with Crippen LogP contribution in [0.15, 0.2) is 53.8 Å². The van der Waals surface area contributed by atoms with Crippen molar-refractivity contribution in [1.82, 2.24) is 9.97 Å². The monoisotopic (exact) mass is 526 g/mol. The third-order valence-electron chi connectivity index (χ3n) is 7.60. The molecule has 0 saturated heterocycles. The molecule has 2 aromatic heterocycles. The van der Waals surface area contributed by atoms with Crippen molar-refractivity contribution in [2.75, 3.05) is 12.4 Å². The lowest BCUT2D eigenvalue weighted by molar-refractivity contribution is -0.127. The maximum Gasteiger partial charge on any atom is 0.161 e. The van der Waals surface area contributed by atoms with Crippen LogP contribution < -0.4 is 10.1 Å². The fourth-order valence-electron chi connectivity index (χ4n) is 5.52. The van der Waals surface area contributed by atoms with E-state index in [4.69, 9.17) is 4.74 Å². The minimum Gasteiger partial charge on any atom is -0.495 e. The number of carbonyl (C=O) groups is 1. The third kappa shape index (κ3) is 4.93. The zero-order chi connectivity index (χ0) is 26.1. The SMILES string of the molecule is COc1cc2c(cc1Nc1ncnc3sc4c(c13)CCC(CCC(=O)[C@@H](O)Cc1ccccc1)C4)C=NC2. The molecule has 2 aromatic carbocycles. The standard InChI is InChI=1S/C30H30N4O3S/c1-37-26-14-21-16-31-15-20(21)13-23(26)34-29-28-22-9-7-19(12-27(22)38-30(28)33-17-32-29)8-10-24(35)25(36)11-18-5-3-2-4-6-18/h2-6,13-15,17,19,25,36H,7-12,16H2,1H3,(H,32,33,34)/t19?,25-/m0/s1. The van der Waals surface area contributed by atoms with Crippen molar-refractivity contribution in [3.63, 3.8) is 0 Å². The normalized spacial score (nSPS) is 16.7. The number of Topliss-reactive ketones (excluding diaryl/α,β-unsaturated/α-hetero) is 1. The van der Waals surface area contributed by atoms with Crippen LogP contribution in [-0.4, -0.2) is 40.3 Å². The van der Waals surface area contributed by atoms with Crippen LogP contribution in [-0.2, 0) is 30.6 Å². The summed E-state index contributed by atoms with van der Waals surface area (Å²) in [6, 6.07) is 13.8. The number of thiophene rings is 1. The van der Waals surface area contributed by atoms with E-state index in [1.807, 2.05) is 42.6 Å². The van der Waals surface area contributed by atoms with Crippen molar-refractivity contribution in [3.05, 3.63) is 75.9 Å². The average molecular weight is 527 g/mol. The van der Waals surface area contributed by atoms with E-state index in [0.717, 1.165) is 69.8 Å².